The summed E-state index contributed by atoms with van der Waals surface area (Å²) in [5.74, 6) is 1.59. The standard InChI is InChI=1S/C19H23N5S2/c20-10-4-6-15(13-21)14-26-19-23-22-18(12-17-9-5-11-25-17)24(19)16-7-2-1-3-8-16/h5,9,11,15-16H,1-4,6-8,12,14H2/t15-/m1/s1. The molecule has 1 aliphatic rings. The van der Waals surface area contributed by atoms with Crippen molar-refractivity contribution in [2.24, 2.45) is 5.92 Å². The molecule has 0 N–H and O–H groups in total. The van der Waals surface area contributed by atoms with Gasteiger partial charge in [-0.2, -0.15) is 10.5 Å². The van der Waals surface area contributed by atoms with E-state index in [2.05, 4.69) is 44.4 Å². The summed E-state index contributed by atoms with van der Waals surface area (Å²) in [6.07, 6.45) is 8.06. The third-order valence-electron chi connectivity index (χ3n) is 4.79. The van der Waals surface area contributed by atoms with Crippen LogP contribution >= 0.6 is 23.1 Å². The molecule has 0 radical (unpaired) electrons. The van der Waals surface area contributed by atoms with E-state index in [1.165, 1.54) is 37.0 Å². The van der Waals surface area contributed by atoms with Crippen molar-refractivity contribution in [3.63, 3.8) is 0 Å². The Morgan fingerprint density at radius 1 is 1.27 bits per heavy atom. The van der Waals surface area contributed by atoms with Crippen LogP contribution in [0, 0.1) is 28.6 Å². The highest BCUT2D eigenvalue weighted by atomic mass is 32.2. The topological polar surface area (TPSA) is 78.3 Å². The summed E-state index contributed by atoms with van der Waals surface area (Å²) < 4.78 is 2.34. The van der Waals surface area contributed by atoms with E-state index < -0.39 is 0 Å². The third-order valence-corrected chi connectivity index (χ3v) is 6.77. The minimum atomic E-state index is -0.114. The SMILES string of the molecule is N#CCC[C@H](C#N)CSc1nnc(Cc2cccs2)n1C1CCCCC1. The Bertz CT molecular complexity index is 763. The molecule has 1 fully saturated rings. The van der Waals surface area contributed by atoms with Gasteiger partial charge in [0, 0.05) is 29.5 Å². The lowest BCUT2D eigenvalue weighted by molar-refractivity contribution is 0.330. The van der Waals surface area contributed by atoms with Crippen molar-refractivity contribution in [3.05, 3.63) is 28.2 Å². The minimum absolute atomic E-state index is 0.114. The predicted molar refractivity (Wildman–Crippen MR) is 104 cm³/mol. The van der Waals surface area contributed by atoms with Crippen LogP contribution in [-0.2, 0) is 6.42 Å². The zero-order valence-electron chi connectivity index (χ0n) is 14.8. The number of thiophene rings is 1. The van der Waals surface area contributed by atoms with Crippen molar-refractivity contribution in [2.75, 3.05) is 5.75 Å². The van der Waals surface area contributed by atoms with Gasteiger partial charge < -0.3 is 4.57 Å². The van der Waals surface area contributed by atoms with E-state index in [-0.39, 0.29) is 5.92 Å². The Balaban J connectivity index is 1.76. The molecule has 0 saturated heterocycles. The quantitative estimate of drug-likeness (QED) is 0.599. The molecule has 5 nitrogen and oxygen atoms in total. The van der Waals surface area contributed by atoms with E-state index in [0.717, 1.165) is 17.4 Å². The van der Waals surface area contributed by atoms with E-state index in [0.29, 0.717) is 24.6 Å². The van der Waals surface area contributed by atoms with Crippen LogP contribution in [0.4, 0.5) is 0 Å². The molecule has 0 spiro atoms. The van der Waals surface area contributed by atoms with Crippen LogP contribution in [0.5, 0.6) is 0 Å². The second-order valence-corrected chi connectivity index (χ2v) is 8.67. The maximum absolute atomic E-state index is 9.31. The fourth-order valence-corrected chi connectivity index (χ4v) is 5.19. The first-order valence-electron chi connectivity index (χ1n) is 9.17. The zero-order chi connectivity index (χ0) is 18.2. The van der Waals surface area contributed by atoms with Crippen molar-refractivity contribution >= 4 is 23.1 Å². The van der Waals surface area contributed by atoms with Crippen LogP contribution in [0.15, 0.2) is 22.7 Å². The maximum atomic E-state index is 9.31. The summed E-state index contributed by atoms with van der Waals surface area (Å²) in [6, 6.07) is 9.14. The van der Waals surface area contributed by atoms with E-state index >= 15 is 0 Å². The van der Waals surface area contributed by atoms with Gasteiger partial charge in [-0.3, -0.25) is 0 Å². The normalized spacial score (nSPS) is 16.1. The van der Waals surface area contributed by atoms with Crippen LogP contribution < -0.4 is 0 Å². The molecule has 2 heterocycles. The summed E-state index contributed by atoms with van der Waals surface area (Å²) in [5.41, 5.74) is 0. The average Bonchev–Trinajstić information content (AvgIpc) is 3.33. The van der Waals surface area contributed by atoms with Gasteiger partial charge in [-0.25, -0.2) is 0 Å². The predicted octanol–water partition coefficient (Wildman–Crippen LogP) is 4.97. The van der Waals surface area contributed by atoms with Crippen LogP contribution in [0.25, 0.3) is 0 Å². The van der Waals surface area contributed by atoms with Crippen molar-refractivity contribution in [1.29, 1.82) is 10.5 Å². The molecule has 0 unspecified atom stereocenters. The molecule has 3 rings (SSSR count). The molecular weight excluding hydrogens is 362 g/mol. The summed E-state index contributed by atoms with van der Waals surface area (Å²) in [4.78, 5) is 1.30. The number of hydrogen-bond acceptors (Lipinski definition) is 6. The number of thioether (sulfide) groups is 1. The number of nitrogens with zero attached hydrogens (tertiary/aromatic N) is 5. The maximum Gasteiger partial charge on any atom is 0.191 e. The van der Waals surface area contributed by atoms with Gasteiger partial charge in [-0.05, 0) is 30.7 Å². The van der Waals surface area contributed by atoms with Crippen LogP contribution in [0.3, 0.4) is 0 Å². The van der Waals surface area contributed by atoms with Gasteiger partial charge in [-0.1, -0.05) is 37.1 Å². The van der Waals surface area contributed by atoms with Crippen molar-refractivity contribution in [3.8, 4) is 12.1 Å². The Kier molecular flexibility index (Phi) is 7.11. The van der Waals surface area contributed by atoms with Crippen molar-refractivity contribution in [2.45, 2.75) is 62.6 Å². The molecule has 2 aromatic rings. The van der Waals surface area contributed by atoms with E-state index in [1.54, 1.807) is 23.1 Å². The highest BCUT2D eigenvalue weighted by molar-refractivity contribution is 7.99. The number of aromatic nitrogens is 3. The van der Waals surface area contributed by atoms with Crippen LogP contribution in [-0.4, -0.2) is 20.5 Å². The first kappa shape index (κ1) is 18.9. The minimum Gasteiger partial charge on any atom is -0.303 e. The van der Waals surface area contributed by atoms with Crippen molar-refractivity contribution < 1.29 is 0 Å². The molecule has 1 saturated carbocycles. The van der Waals surface area contributed by atoms with Gasteiger partial charge in [-0.15, -0.1) is 21.5 Å². The van der Waals surface area contributed by atoms with E-state index in [1.807, 2.05) is 0 Å². The third kappa shape index (κ3) is 4.87. The number of rotatable bonds is 8. The molecule has 0 bridgehead atoms. The summed E-state index contributed by atoms with van der Waals surface area (Å²) in [6.45, 7) is 0. The van der Waals surface area contributed by atoms with Crippen LogP contribution in [0.2, 0.25) is 0 Å². The summed E-state index contributed by atoms with van der Waals surface area (Å²) in [7, 11) is 0. The lowest BCUT2D eigenvalue weighted by atomic mass is 9.95. The smallest absolute Gasteiger partial charge is 0.191 e. The molecule has 1 atom stereocenters. The molecule has 7 heteroatoms. The van der Waals surface area contributed by atoms with Gasteiger partial charge >= 0.3 is 0 Å². The highest BCUT2D eigenvalue weighted by Crippen LogP contribution is 2.34. The van der Waals surface area contributed by atoms with Crippen molar-refractivity contribution in [1.82, 2.24) is 14.8 Å². The van der Waals surface area contributed by atoms with Crippen LogP contribution in [0.1, 0.15) is 61.7 Å². The van der Waals surface area contributed by atoms with Gasteiger partial charge in [0.05, 0.1) is 18.1 Å². The van der Waals surface area contributed by atoms with Gasteiger partial charge in [0.2, 0.25) is 0 Å². The monoisotopic (exact) mass is 385 g/mol. The van der Waals surface area contributed by atoms with Gasteiger partial charge in [0.15, 0.2) is 5.16 Å². The molecular formula is C19H23N5S2. The fraction of sp³-hybridized carbons (Fsp3) is 0.579. The molecule has 0 aliphatic heterocycles. The lowest BCUT2D eigenvalue weighted by Crippen LogP contribution is -2.17. The Morgan fingerprint density at radius 2 is 2.12 bits per heavy atom. The number of hydrogen-bond donors (Lipinski definition) is 0. The lowest BCUT2D eigenvalue weighted by Gasteiger charge is -2.25. The second kappa shape index (κ2) is 9.75. The first-order chi connectivity index (χ1) is 12.8. The number of nitriles is 2. The molecule has 1 aliphatic carbocycles. The fourth-order valence-electron chi connectivity index (χ4n) is 3.40. The Labute approximate surface area is 163 Å². The second-order valence-electron chi connectivity index (χ2n) is 6.65. The zero-order valence-corrected chi connectivity index (χ0v) is 16.4. The van der Waals surface area contributed by atoms with E-state index in [9.17, 15) is 5.26 Å². The van der Waals surface area contributed by atoms with Gasteiger partial charge in [0.25, 0.3) is 0 Å². The molecule has 0 aromatic carbocycles. The largest absolute Gasteiger partial charge is 0.303 e. The highest BCUT2D eigenvalue weighted by Gasteiger charge is 2.24. The van der Waals surface area contributed by atoms with E-state index in [4.69, 9.17) is 5.26 Å². The summed E-state index contributed by atoms with van der Waals surface area (Å²) in [5, 5.41) is 30.0. The molecule has 26 heavy (non-hydrogen) atoms. The average molecular weight is 386 g/mol. The molecule has 136 valence electrons. The molecule has 0 amide bonds. The first-order valence-corrected chi connectivity index (χ1v) is 11.0. The summed E-state index contributed by atoms with van der Waals surface area (Å²) >= 11 is 3.37. The Hall–Kier alpha value is -1.83. The molecule has 2 aromatic heterocycles. The van der Waals surface area contributed by atoms with Gasteiger partial charge in [0.1, 0.15) is 5.82 Å². The Morgan fingerprint density at radius 3 is 2.81 bits per heavy atom.